The van der Waals surface area contributed by atoms with Crippen molar-refractivity contribution >= 4 is 46.5 Å². The number of nitrogens with one attached hydrogen (secondary N) is 1. The summed E-state index contributed by atoms with van der Waals surface area (Å²) >= 11 is 5.81. The molecule has 14 heteroatoms. The highest BCUT2D eigenvalue weighted by Crippen LogP contribution is 2.26. The number of nitrogens with two attached hydrogens (primary N) is 1. The van der Waals surface area contributed by atoms with Crippen LogP contribution in [0.25, 0.3) is 22.6 Å². The molecule has 5 rings (SSSR count). The molecule has 0 atom stereocenters. The molecule has 0 saturated carbocycles. The number of halogens is 3. The number of nitrogens with zero attached hydrogens (tertiary/aromatic N) is 5. The van der Waals surface area contributed by atoms with Gasteiger partial charge in [0.05, 0.1) is 27.8 Å². The number of benzene rings is 3. The molecule has 0 aliphatic carbocycles. The van der Waals surface area contributed by atoms with Gasteiger partial charge in [0.2, 0.25) is 0 Å². The fourth-order valence-corrected chi connectivity index (χ4v) is 3.82. The third-order valence-electron chi connectivity index (χ3n) is 5.41. The minimum absolute atomic E-state index is 0.0343. The Hall–Kier alpha value is -5.17. The molecule has 0 fully saturated rings. The monoisotopic (exact) mass is 551 g/mol. The van der Waals surface area contributed by atoms with E-state index in [1.54, 1.807) is 34.9 Å². The van der Waals surface area contributed by atoms with Crippen molar-refractivity contribution < 1.29 is 27.7 Å². The van der Waals surface area contributed by atoms with Gasteiger partial charge in [-0.3, -0.25) is 4.79 Å². The highest BCUT2D eigenvalue weighted by Gasteiger charge is 2.20. The van der Waals surface area contributed by atoms with Crippen LogP contribution in [0.1, 0.15) is 15.9 Å². The maximum atomic E-state index is 13.5. The largest absolute Gasteiger partial charge is 0.423 e. The van der Waals surface area contributed by atoms with Crippen LogP contribution in [0.4, 0.5) is 14.6 Å². The van der Waals surface area contributed by atoms with Crippen molar-refractivity contribution in [1.82, 2.24) is 25.3 Å². The Kier molecular flexibility index (Phi) is 6.97. The molecule has 3 N–H and O–H groups in total. The third-order valence-corrected chi connectivity index (χ3v) is 5.72. The van der Waals surface area contributed by atoms with Gasteiger partial charge in [0, 0.05) is 0 Å². The van der Waals surface area contributed by atoms with Crippen LogP contribution in [0, 0.1) is 11.6 Å². The van der Waals surface area contributed by atoms with Crippen LogP contribution in [0.5, 0.6) is 5.75 Å². The Morgan fingerprint density at radius 2 is 1.85 bits per heavy atom. The summed E-state index contributed by atoms with van der Waals surface area (Å²) in [6.45, 7) is -0.152. The highest BCUT2D eigenvalue weighted by molar-refractivity contribution is 6.33. The lowest BCUT2D eigenvalue weighted by atomic mass is 10.2. The average molecular weight is 552 g/mol. The third kappa shape index (κ3) is 5.43. The molecular weight excluding hydrogens is 536 g/mol. The number of anilines is 1. The van der Waals surface area contributed by atoms with Gasteiger partial charge in [-0.1, -0.05) is 23.7 Å². The second-order valence-electron chi connectivity index (χ2n) is 8.01. The number of carbonyl (C=O) groups is 2. The van der Waals surface area contributed by atoms with Crippen LogP contribution in [0.2, 0.25) is 5.02 Å². The molecule has 196 valence electrons. The summed E-state index contributed by atoms with van der Waals surface area (Å²) in [4.78, 5) is 29.4. The van der Waals surface area contributed by atoms with Crippen LogP contribution >= 0.6 is 11.6 Å². The Morgan fingerprint density at radius 3 is 2.59 bits per heavy atom. The Labute approximate surface area is 222 Å². The molecule has 0 radical (unpaired) electrons. The van der Waals surface area contributed by atoms with E-state index in [1.807, 2.05) is 6.07 Å². The second-order valence-corrected chi connectivity index (χ2v) is 8.41. The fraction of sp³-hybridized carbons (Fsp3) is 0.0400. The van der Waals surface area contributed by atoms with E-state index in [9.17, 15) is 18.4 Å². The molecule has 0 aliphatic heterocycles. The van der Waals surface area contributed by atoms with Crippen molar-refractivity contribution in [3.05, 3.63) is 88.4 Å². The summed E-state index contributed by atoms with van der Waals surface area (Å²) in [6.07, 6.45) is 1.38. The van der Waals surface area contributed by atoms with Crippen LogP contribution in [0.3, 0.4) is 0 Å². The molecule has 0 spiro atoms. The van der Waals surface area contributed by atoms with Gasteiger partial charge in [0.15, 0.2) is 29.0 Å². The van der Waals surface area contributed by atoms with Crippen molar-refractivity contribution in [2.75, 3.05) is 5.73 Å². The fourth-order valence-electron chi connectivity index (χ4n) is 3.59. The molecule has 5 aromatic rings. The standard InChI is InChI=1S/C25H16ClF2N7O4/c26-16-10-18(28)17(27)9-15(16)25(37)38-14-7-5-13(6-8-14)11-30-32-21(36)12-35-20-4-2-1-3-19(20)31-24(35)22-23(29)34-39-33-22/h1-11H,12H2,(H2,29,34)(H,32,36)/b30-11-. The quantitative estimate of drug-likeness (QED) is 0.101. The van der Waals surface area contributed by atoms with Crippen molar-refractivity contribution in [1.29, 1.82) is 0 Å². The molecule has 0 aliphatic rings. The smallest absolute Gasteiger partial charge is 0.345 e. The van der Waals surface area contributed by atoms with E-state index in [0.717, 1.165) is 0 Å². The average Bonchev–Trinajstić information content (AvgIpc) is 3.50. The van der Waals surface area contributed by atoms with E-state index in [-0.39, 0.29) is 34.4 Å². The Morgan fingerprint density at radius 1 is 1.10 bits per heavy atom. The van der Waals surface area contributed by atoms with E-state index in [0.29, 0.717) is 34.6 Å². The Balaban J connectivity index is 1.23. The number of hydrazone groups is 1. The van der Waals surface area contributed by atoms with Crippen LogP contribution in [0.15, 0.2) is 70.4 Å². The molecule has 0 unspecified atom stereocenters. The number of para-hydroxylation sites is 2. The van der Waals surface area contributed by atoms with Gasteiger partial charge >= 0.3 is 5.97 Å². The van der Waals surface area contributed by atoms with Gasteiger partial charge < -0.3 is 15.0 Å². The first-order chi connectivity index (χ1) is 18.8. The minimum Gasteiger partial charge on any atom is -0.423 e. The SMILES string of the molecule is Nc1nonc1-c1nc2ccccc2n1CC(=O)N/N=C\c1ccc(OC(=O)c2cc(F)c(F)cc2Cl)cc1. The van der Waals surface area contributed by atoms with Crippen molar-refractivity contribution in [3.63, 3.8) is 0 Å². The number of hydrogen-bond acceptors (Lipinski definition) is 9. The van der Waals surface area contributed by atoms with E-state index in [1.165, 1.54) is 18.3 Å². The van der Waals surface area contributed by atoms with Crippen molar-refractivity contribution in [3.8, 4) is 17.3 Å². The number of hydrogen-bond donors (Lipinski definition) is 2. The topological polar surface area (TPSA) is 151 Å². The minimum atomic E-state index is -1.23. The number of aromatic nitrogens is 4. The normalized spacial score (nSPS) is 11.3. The van der Waals surface area contributed by atoms with Crippen LogP contribution < -0.4 is 15.9 Å². The lowest BCUT2D eigenvalue weighted by molar-refractivity contribution is -0.121. The molecule has 3 aromatic carbocycles. The first kappa shape index (κ1) is 25.5. The van der Waals surface area contributed by atoms with Crippen LogP contribution in [-0.2, 0) is 11.3 Å². The summed E-state index contributed by atoms with van der Waals surface area (Å²) in [7, 11) is 0. The summed E-state index contributed by atoms with van der Waals surface area (Å²) < 4.78 is 38.1. The van der Waals surface area contributed by atoms with E-state index >= 15 is 0 Å². The van der Waals surface area contributed by atoms with E-state index in [2.05, 4.69) is 30.5 Å². The number of ether oxygens (including phenoxy) is 1. The molecule has 2 aromatic heterocycles. The van der Waals surface area contributed by atoms with Gasteiger partial charge in [-0.05, 0) is 64.4 Å². The molecular formula is C25H16ClF2N7O4. The molecule has 0 saturated heterocycles. The first-order valence-electron chi connectivity index (χ1n) is 11.1. The zero-order valence-electron chi connectivity index (χ0n) is 19.6. The molecule has 11 nitrogen and oxygen atoms in total. The second kappa shape index (κ2) is 10.7. The van der Waals surface area contributed by atoms with Gasteiger partial charge in [0.1, 0.15) is 12.3 Å². The number of fused-ring (bicyclic) bond motifs is 1. The maximum absolute atomic E-state index is 13.5. The summed E-state index contributed by atoms with van der Waals surface area (Å²) in [6, 6.07) is 14.6. The highest BCUT2D eigenvalue weighted by atomic mass is 35.5. The lowest BCUT2D eigenvalue weighted by Gasteiger charge is -2.07. The number of amides is 1. The van der Waals surface area contributed by atoms with Gasteiger partial charge in [-0.2, -0.15) is 5.10 Å². The van der Waals surface area contributed by atoms with Crippen molar-refractivity contribution in [2.45, 2.75) is 6.54 Å². The number of nitrogen functional groups attached to an aromatic ring is 1. The summed E-state index contributed by atoms with van der Waals surface area (Å²) in [5, 5.41) is 11.0. The van der Waals surface area contributed by atoms with E-state index < -0.39 is 23.5 Å². The summed E-state index contributed by atoms with van der Waals surface area (Å²) in [5.74, 6) is -3.35. The molecule has 0 bridgehead atoms. The lowest BCUT2D eigenvalue weighted by Crippen LogP contribution is -2.23. The predicted molar refractivity (Wildman–Crippen MR) is 136 cm³/mol. The number of carbonyl (C=O) groups excluding carboxylic acids is 2. The Bertz CT molecular complexity index is 1730. The molecule has 2 heterocycles. The van der Waals surface area contributed by atoms with E-state index in [4.69, 9.17) is 22.1 Å². The first-order valence-corrected chi connectivity index (χ1v) is 11.5. The van der Waals surface area contributed by atoms with Crippen molar-refractivity contribution in [2.24, 2.45) is 5.10 Å². The number of imidazole rings is 1. The molecule has 1 amide bonds. The summed E-state index contributed by atoms with van der Waals surface area (Å²) in [5.41, 5.74) is 9.99. The number of rotatable bonds is 7. The zero-order chi connectivity index (χ0) is 27.5. The van der Waals surface area contributed by atoms with Gasteiger partial charge in [-0.25, -0.2) is 28.6 Å². The van der Waals surface area contributed by atoms with Gasteiger partial charge in [0.25, 0.3) is 5.91 Å². The maximum Gasteiger partial charge on any atom is 0.345 e. The predicted octanol–water partition coefficient (Wildman–Crippen LogP) is 3.97. The molecule has 39 heavy (non-hydrogen) atoms. The number of esters is 1. The van der Waals surface area contributed by atoms with Crippen LogP contribution in [-0.4, -0.2) is 38.0 Å². The zero-order valence-corrected chi connectivity index (χ0v) is 20.4. The van der Waals surface area contributed by atoms with Gasteiger partial charge in [-0.15, -0.1) is 0 Å².